The third-order valence-corrected chi connectivity index (χ3v) is 2.33. The van der Waals surface area contributed by atoms with Gasteiger partial charge in [-0.2, -0.15) is 0 Å². The number of methoxy groups -OCH3 is 1. The van der Waals surface area contributed by atoms with Crippen molar-refractivity contribution >= 4 is 17.4 Å². The predicted molar refractivity (Wildman–Crippen MR) is 57.2 cm³/mol. The number of Topliss-reactive ketones (excluding diaryl/α,β-unsaturated/α-hetero) is 1. The second-order valence-electron chi connectivity index (χ2n) is 3.12. The van der Waals surface area contributed by atoms with Crippen LogP contribution in [-0.4, -0.2) is 18.8 Å². The van der Waals surface area contributed by atoms with E-state index in [9.17, 15) is 4.79 Å². The van der Waals surface area contributed by atoms with Crippen molar-refractivity contribution in [2.24, 2.45) is 0 Å². The lowest BCUT2D eigenvalue weighted by molar-refractivity contribution is -0.116. The molecule has 0 spiro atoms. The highest BCUT2D eigenvalue weighted by atomic mass is 35.5. The fourth-order valence-electron chi connectivity index (χ4n) is 1.40. The van der Waals surface area contributed by atoms with Crippen molar-refractivity contribution in [2.75, 3.05) is 13.0 Å². The van der Waals surface area contributed by atoms with Crippen LogP contribution >= 0.6 is 11.6 Å². The lowest BCUT2D eigenvalue weighted by atomic mass is 10.1. The molecule has 76 valence electrons. The maximum atomic E-state index is 11.2. The lowest BCUT2D eigenvalue weighted by Crippen LogP contribution is -2.05. The van der Waals surface area contributed by atoms with Gasteiger partial charge in [0.15, 0.2) is 5.78 Å². The molecule has 0 aliphatic carbocycles. The van der Waals surface area contributed by atoms with Crippen LogP contribution in [0.5, 0.6) is 5.75 Å². The van der Waals surface area contributed by atoms with Gasteiger partial charge in [0, 0.05) is 12.0 Å². The fraction of sp³-hybridized carbons (Fsp3) is 0.364. The van der Waals surface area contributed by atoms with E-state index in [1.54, 1.807) is 7.11 Å². The summed E-state index contributed by atoms with van der Waals surface area (Å²) < 4.78 is 5.23. The van der Waals surface area contributed by atoms with Crippen LogP contribution in [0, 0.1) is 6.92 Å². The van der Waals surface area contributed by atoms with Crippen LogP contribution in [0.15, 0.2) is 18.2 Å². The molecule has 0 aliphatic rings. The Balaban J connectivity index is 2.96. The zero-order valence-electron chi connectivity index (χ0n) is 8.34. The predicted octanol–water partition coefficient (Wildman–Crippen LogP) is 2.35. The maximum Gasteiger partial charge on any atom is 0.152 e. The second kappa shape index (κ2) is 5.01. The number of hydrogen-bond donors (Lipinski definition) is 0. The molecular formula is C11H13ClO2. The largest absolute Gasteiger partial charge is 0.496 e. The number of hydrogen-bond acceptors (Lipinski definition) is 2. The third-order valence-electron chi connectivity index (χ3n) is 2.03. The van der Waals surface area contributed by atoms with Gasteiger partial charge in [0.25, 0.3) is 0 Å². The zero-order valence-corrected chi connectivity index (χ0v) is 9.10. The van der Waals surface area contributed by atoms with Crippen molar-refractivity contribution in [1.82, 2.24) is 0 Å². The summed E-state index contributed by atoms with van der Waals surface area (Å²) in [5.41, 5.74) is 1.94. The standard InChI is InChI=1S/C11H13ClO2/c1-8-4-3-5-9(11(8)14-2)6-10(13)7-12/h3-5H,6-7H2,1-2H3. The van der Waals surface area contributed by atoms with Crippen LogP contribution in [0.4, 0.5) is 0 Å². The van der Waals surface area contributed by atoms with E-state index in [-0.39, 0.29) is 11.7 Å². The summed E-state index contributed by atoms with van der Waals surface area (Å²) in [6.45, 7) is 1.95. The number of para-hydroxylation sites is 1. The van der Waals surface area contributed by atoms with Crippen molar-refractivity contribution in [2.45, 2.75) is 13.3 Å². The Kier molecular flexibility index (Phi) is 3.96. The highest BCUT2D eigenvalue weighted by Crippen LogP contribution is 2.23. The first kappa shape index (κ1) is 11.1. The molecule has 0 heterocycles. The average molecular weight is 213 g/mol. The van der Waals surface area contributed by atoms with Gasteiger partial charge in [0.1, 0.15) is 5.75 Å². The fourth-order valence-corrected chi connectivity index (χ4v) is 1.50. The zero-order chi connectivity index (χ0) is 10.6. The van der Waals surface area contributed by atoms with Gasteiger partial charge >= 0.3 is 0 Å². The van der Waals surface area contributed by atoms with Crippen LogP contribution in [0.2, 0.25) is 0 Å². The molecule has 0 atom stereocenters. The number of ketones is 1. The number of benzene rings is 1. The minimum Gasteiger partial charge on any atom is -0.496 e. The Labute approximate surface area is 88.8 Å². The van der Waals surface area contributed by atoms with Gasteiger partial charge in [-0.05, 0) is 12.5 Å². The number of carbonyl (C=O) groups is 1. The highest BCUT2D eigenvalue weighted by Gasteiger charge is 2.09. The van der Waals surface area contributed by atoms with E-state index in [2.05, 4.69) is 0 Å². The van der Waals surface area contributed by atoms with Crippen molar-refractivity contribution in [1.29, 1.82) is 0 Å². The monoisotopic (exact) mass is 212 g/mol. The van der Waals surface area contributed by atoms with Crippen LogP contribution < -0.4 is 4.74 Å². The number of halogens is 1. The van der Waals surface area contributed by atoms with E-state index in [4.69, 9.17) is 16.3 Å². The summed E-state index contributed by atoms with van der Waals surface area (Å²) in [4.78, 5) is 11.2. The first-order chi connectivity index (χ1) is 6.69. The molecular weight excluding hydrogens is 200 g/mol. The number of ether oxygens (including phenoxy) is 1. The third kappa shape index (κ3) is 2.48. The van der Waals surface area contributed by atoms with Gasteiger partial charge in [-0.3, -0.25) is 4.79 Å². The Morgan fingerprint density at radius 1 is 1.50 bits per heavy atom. The van der Waals surface area contributed by atoms with Crippen LogP contribution in [0.25, 0.3) is 0 Å². The van der Waals surface area contributed by atoms with Gasteiger partial charge < -0.3 is 4.74 Å². The molecule has 0 aliphatic heterocycles. The molecule has 0 radical (unpaired) electrons. The number of alkyl halides is 1. The first-order valence-corrected chi connectivity index (χ1v) is 4.92. The summed E-state index contributed by atoms with van der Waals surface area (Å²) in [5, 5.41) is 0. The molecule has 0 bridgehead atoms. The van der Waals surface area contributed by atoms with E-state index < -0.39 is 0 Å². The molecule has 1 aromatic rings. The van der Waals surface area contributed by atoms with E-state index in [0.717, 1.165) is 16.9 Å². The highest BCUT2D eigenvalue weighted by molar-refractivity contribution is 6.27. The smallest absolute Gasteiger partial charge is 0.152 e. The summed E-state index contributed by atoms with van der Waals surface area (Å²) in [6, 6.07) is 5.75. The van der Waals surface area contributed by atoms with Gasteiger partial charge in [-0.1, -0.05) is 18.2 Å². The van der Waals surface area contributed by atoms with E-state index in [1.807, 2.05) is 25.1 Å². The van der Waals surface area contributed by atoms with Gasteiger partial charge in [-0.15, -0.1) is 11.6 Å². The molecule has 3 heteroatoms. The van der Waals surface area contributed by atoms with Crippen molar-refractivity contribution in [3.05, 3.63) is 29.3 Å². The van der Waals surface area contributed by atoms with E-state index >= 15 is 0 Å². The lowest BCUT2D eigenvalue weighted by Gasteiger charge is -2.09. The average Bonchev–Trinajstić information content (AvgIpc) is 2.18. The summed E-state index contributed by atoms with van der Waals surface area (Å²) in [7, 11) is 1.61. The SMILES string of the molecule is COc1c(C)cccc1CC(=O)CCl. The van der Waals surface area contributed by atoms with Crippen molar-refractivity contribution in [3.8, 4) is 5.75 Å². The Morgan fingerprint density at radius 3 is 2.79 bits per heavy atom. The molecule has 0 saturated carbocycles. The minimum absolute atomic E-state index is 0.00978. The number of rotatable bonds is 4. The first-order valence-electron chi connectivity index (χ1n) is 4.39. The van der Waals surface area contributed by atoms with Crippen LogP contribution in [0.3, 0.4) is 0 Å². The van der Waals surface area contributed by atoms with Crippen molar-refractivity contribution < 1.29 is 9.53 Å². The topological polar surface area (TPSA) is 26.3 Å². The molecule has 14 heavy (non-hydrogen) atoms. The van der Waals surface area contributed by atoms with E-state index in [1.165, 1.54) is 0 Å². The Hall–Kier alpha value is -1.02. The molecule has 1 rings (SSSR count). The molecule has 0 unspecified atom stereocenters. The molecule has 0 fully saturated rings. The summed E-state index contributed by atoms with van der Waals surface area (Å²) in [5.74, 6) is 0.846. The molecule has 0 N–H and O–H groups in total. The molecule has 0 amide bonds. The second-order valence-corrected chi connectivity index (χ2v) is 3.38. The Morgan fingerprint density at radius 2 is 2.21 bits per heavy atom. The quantitative estimate of drug-likeness (QED) is 0.717. The van der Waals surface area contributed by atoms with Gasteiger partial charge in [-0.25, -0.2) is 0 Å². The summed E-state index contributed by atoms with van der Waals surface area (Å²) >= 11 is 5.45. The minimum atomic E-state index is 0.00978. The van der Waals surface area contributed by atoms with E-state index in [0.29, 0.717) is 6.42 Å². The van der Waals surface area contributed by atoms with Crippen LogP contribution in [0.1, 0.15) is 11.1 Å². The summed E-state index contributed by atoms with van der Waals surface area (Å²) in [6.07, 6.45) is 0.342. The maximum absolute atomic E-state index is 11.2. The molecule has 0 aromatic heterocycles. The molecule has 0 saturated heterocycles. The van der Waals surface area contributed by atoms with Crippen LogP contribution in [-0.2, 0) is 11.2 Å². The molecule has 1 aromatic carbocycles. The van der Waals surface area contributed by atoms with Crippen molar-refractivity contribution in [3.63, 3.8) is 0 Å². The van der Waals surface area contributed by atoms with Gasteiger partial charge in [0.2, 0.25) is 0 Å². The number of carbonyl (C=O) groups excluding carboxylic acids is 1. The molecule has 2 nitrogen and oxygen atoms in total. The normalized spacial score (nSPS) is 9.93. The number of aryl methyl sites for hydroxylation is 1. The van der Waals surface area contributed by atoms with Gasteiger partial charge in [0.05, 0.1) is 13.0 Å². The Bertz CT molecular complexity index is 334.